The summed E-state index contributed by atoms with van der Waals surface area (Å²) in [6.07, 6.45) is 2.21. The maximum atomic E-state index is 13.7. The Morgan fingerprint density at radius 2 is 1.58 bits per heavy atom. The summed E-state index contributed by atoms with van der Waals surface area (Å²) >= 11 is 0. The third kappa shape index (κ3) is 3.13. The lowest BCUT2D eigenvalue weighted by Gasteiger charge is -2.25. The number of aryl methyl sites for hydroxylation is 3. The molecular formula is C27H28O4. The van der Waals surface area contributed by atoms with Gasteiger partial charge in [0.15, 0.2) is 12.1 Å². The Kier molecular flexibility index (Phi) is 4.97. The minimum absolute atomic E-state index is 0.0216. The summed E-state index contributed by atoms with van der Waals surface area (Å²) in [6.45, 7) is 6.33. The highest BCUT2D eigenvalue weighted by molar-refractivity contribution is 6.26. The summed E-state index contributed by atoms with van der Waals surface area (Å²) in [6, 6.07) is 13.8. The highest BCUT2D eigenvalue weighted by atomic mass is 16.6. The second kappa shape index (κ2) is 7.56. The molecule has 2 bridgehead atoms. The Hall–Kier alpha value is -2.53. The first-order chi connectivity index (χ1) is 14.9. The van der Waals surface area contributed by atoms with E-state index in [4.69, 9.17) is 4.74 Å². The fourth-order valence-electron chi connectivity index (χ4n) is 6.07. The minimum atomic E-state index is -1.20. The van der Waals surface area contributed by atoms with Gasteiger partial charge in [-0.3, -0.25) is 4.79 Å². The summed E-state index contributed by atoms with van der Waals surface area (Å²) in [5, 5.41) is 21.9. The molecule has 2 aromatic rings. The summed E-state index contributed by atoms with van der Waals surface area (Å²) in [5.41, 5.74) is 6.28. The van der Waals surface area contributed by atoms with Crippen LogP contribution in [0.4, 0.5) is 0 Å². The van der Waals surface area contributed by atoms with Crippen molar-refractivity contribution >= 4 is 11.4 Å². The average Bonchev–Trinajstić information content (AvgIpc) is 3.34. The van der Waals surface area contributed by atoms with Crippen LogP contribution in [-0.4, -0.2) is 28.4 Å². The van der Waals surface area contributed by atoms with Gasteiger partial charge in [0.25, 0.3) is 0 Å². The van der Waals surface area contributed by atoms with E-state index in [-0.39, 0.29) is 36.1 Å². The number of hydrogen-bond acceptors (Lipinski definition) is 4. The van der Waals surface area contributed by atoms with Crippen LogP contribution >= 0.6 is 0 Å². The van der Waals surface area contributed by atoms with Crippen LogP contribution in [0, 0.1) is 44.4 Å². The van der Waals surface area contributed by atoms with E-state index in [1.807, 2.05) is 63.3 Å². The zero-order chi connectivity index (χ0) is 21.9. The number of aliphatic hydroxyl groups excluding tert-OH is 2. The lowest BCUT2D eigenvalue weighted by molar-refractivity contribution is -0.118. The van der Waals surface area contributed by atoms with Crippen molar-refractivity contribution in [2.24, 2.45) is 23.7 Å². The van der Waals surface area contributed by atoms with Crippen LogP contribution in [0.5, 0.6) is 0 Å². The Morgan fingerprint density at radius 1 is 0.968 bits per heavy atom. The molecule has 0 heterocycles. The SMILES string of the molecule is Cc1cc(C)c(C2=C(C(O)OCc3ccccc3)C3C4C=CC(C4O)C3C2=O)c(C)c1. The first-order valence-electron chi connectivity index (χ1n) is 10.9. The van der Waals surface area contributed by atoms with E-state index in [1.165, 1.54) is 0 Å². The topological polar surface area (TPSA) is 66.8 Å². The Balaban J connectivity index is 1.60. The average molecular weight is 417 g/mol. The molecule has 0 radical (unpaired) electrons. The highest BCUT2D eigenvalue weighted by Gasteiger charge is 2.60. The molecule has 3 aliphatic rings. The molecular weight excluding hydrogens is 388 g/mol. The standard InChI is InChI=1S/C27H28O4/c1-14-11-15(2)20(16(3)12-14)23-24(27(30)31-13-17-7-5-4-6-8-17)21-18-9-10-19(25(18)28)22(21)26(23)29/h4-12,18-19,21-22,25,27-28,30H,13H2,1-3H3. The molecule has 4 nitrogen and oxygen atoms in total. The van der Waals surface area contributed by atoms with Crippen molar-refractivity contribution in [1.29, 1.82) is 0 Å². The van der Waals surface area contributed by atoms with Crippen molar-refractivity contribution in [2.45, 2.75) is 39.8 Å². The monoisotopic (exact) mass is 416 g/mol. The lowest BCUT2D eigenvalue weighted by atomic mass is 9.82. The van der Waals surface area contributed by atoms with E-state index in [0.29, 0.717) is 11.1 Å². The number of hydrogen-bond donors (Lipinski definition) is 2. The van der Waals surface area contributed by atoms with E-state index in [0.717, 1.165) is 27.8 Å². The van der Waals surface area contributed by atoms with Crippen LogP contribution in [-0.2, 0) is 16.1 Å². The number of ether oxygens (including phenoxy) is 1. The van der Waals surface area contributed by atoms with Gasteiger partial charge in [-0.25, -0.2) is 0 Å². The molecule has 5 rings (SSSR count). The quantitative estimate of drug-likeness (QED) is 0.573. The number of rotatable bonds is 5. The van der Waals surface area contributed by atoms with Gasteiger partial charge in [-0.2, -0.15) is 0 Å². The Bertz CT molecular complexity index is 1070. The second-order valence-electron chi connectivity index (χ2n) is 9.20. The summed E-state index contributed by atoms with van der Waals surface area (Å²) in [7, 11) is 0. The molecule has 2 N–H and O–H groups in total. The van der Waals surface area contributed by atoms with Crippen LogP contribution < -0.4 is 0 Å². The second-order valence-corrected chi connectivity index (χ2v) is 9.20. The van der Waals surface area contributed by atoms with Crippen LogP contribution in [0.2, 0.25) is 0 Å². The minimum Gasteiger partial charge on any atom is -0.392 e. The van der Waals surface area contributed by atoms with Crippen molar-refractivity contribution in [3.8, 4) is 0 Å². The van der Waals surface area contributed by atoms with Crippen molar-refractivity contribution in [2.75, 3.05) is 0 Å². The Morgan fingerprint density at radius 3 is 2.23 bits per heavy atom. The smallest absolute Gasteiger partial charge is 0.178 e. The molecule has 6 unspecified atom stereocenters. The van der Waals surface area contributed by atoms with Gasteiger partial charge in [-0.05, 0) is 43.0 Å². The molecule has 1 fully saturated rings. The number of allylic oxidation sites excluding steroid dienone is 1. The van der Waals surface area contributed by atoms with Gasteiger partial charge in [0.2, 0.25) is 0 Å². The molecule has 6 atom stereocenters. The van der Waals surface area contributed by atoms with Crippen molar-refractivity contribution in [3.63, 3.8) is 0 Å². The van der Waals surface area contributed by atoms with Crippen LogP contribution in [0.3, 0.4) is 0 Å². The van der Waals surface area contributed by atoms with E-state index < -0.39 is 12.4 Å². The van der Waals surface area contributed by atoms with Crippen LogP contribution in [0.25, 0.3) is 5.57 Å². The normalized spacial score (nSPS) is 29.7. The fourth-order valence-corrected chi connectivity index (χ4v) is 6.07. The van der Waals surface area contributed by atoms with E-state index in [1.54, 1.807) is 0 Å². The number of aliphatic hydroxyl groups is 2. The third-order valence-corrected chi connectivity index (χ3v) is 7.20. The summed E-state index contributed by atoms with van der Waals surface area (Å²) in [5.74, 6) is -0.883. The van der Waals surface area contributed by atoms with Gasteiger partial charge in [-0.1, -0.05) is 60.2 Å². The van der Waals surface area contributed by atoms with E-state index >= 15 is 0 Å². The van der Waals surface area contributed by atoms with Crippen molar-refractivity contribution in [1.82, 2.24) is 0 Å². The maximum absolute atomic E-state index is 13.7. The number of ketones is 1. The zero-order valence-corrected chi connectivity index (χ0v) is 18.1. The molecule has 0 amide bonds. The molecule has 0 saturated heterocycles. The van der Waals surface area contributed by atoms with Gasteiger partial charge < -0.3 is 14.9 Å². The van der Waals surface area contributed by atoms with Gasteiger partial charge in [0.1, 0.15) is 0 Å². The molecule has 1 saturated carbocycles. The molecule has 0 spiro atoms. The van der Waals surface area contributed by atoms with Gasteiger partial charge in [-0.15, -0.1) is 0 Å². The van der Waals surface area contributed by atoms with Crippen molar-refractivity contribution < 1.29 is 19.7 Å². The lowest BCUT2D eigenvalue weighted by Crippen LogP contribution is -2.26. The number of Topliss-reactive ketones (excluding diaryl/α,β-unsaturated/α-hetero) is 1. The zero-order valence-electron chi connectivity index (χ0n) is 18.1. The van der Waals surface area contributed by atoms with Gasteiger partial charge in [0, 0.05) is 34.8 Å². The van der Waals surface area contributed by atoms with E-state index in [9.17, 15) is 15.0 Å². The van der Waals surface area contributed by atoms with Crippen LogP contribution in [0.1, 0.15) is 27.8 Å². The molecule has 4 heteroatoms. The Labute approximate surface area is 182 Å². The highest BCUT2D eigenvalue weighted by Crippen LogP contribution is 2.59. The first kappa shape index (κ1) is 20.4. The van der Waals surface area contributed by atoms with Gasteiger partial charge in [0.05, 0.1) is 12.7 Å². The van der Waals surface area contributed by atoms with Gasteiger partial charge >= 0.3 is 0 Å². The number of carbonyl (C=O) groups excluding carboxylic acids is 1. The summed E-state index contributed by atoms with van der Waals surface area (Å²) in [4.78, 5) is 13.7. The number of fused-ring (bicyclic) bond motifs is 5. The molecule has 160 valence electrons. The molecule has 3 aliphatic carbocycles. The molecule has 2 aromatic carbocycles. The maximum Gasteiger partial charge on any atom is 0.178 e. The van der Waals surface area contributed by atoms with Crippen molar-refractivity contribution in [3.05, 3.63) is 88.0 Å². The first-order valence-corrected chi connectivity index (χ1v) is 10.9. The molecule has 0 aromatic heterocycles. The fraction of sp³-hybridized carbons (Fsp3) is 0.370. The predicted molar refractivity (Wildman–Crippen MR) is 119 cm³/mol. The molecule has 31 heavy (non-hydrogen) atoms. The molecule has 0 aliphatic heterocycles. The summed E-state index contributed by atoms with van der Waals surface area (Å²) < 4.78 is 5.91. The van der Waals surface area contributed by atoms with E-state index in [2.05, 4.69) is 12.1 Å². The van der Waals surface area contributed by atoms with Crippen LogP contribution in [0.15, 0.2) is 60.2 Å². The predicted octanol–water partition coefficient (Wildman–Crippen LogP) is 3.89. The third-order valence-electron chi connectivity index (χ3n) is 7.20. The number of benzene rings is 2. The number of carbonyl (C=O) groups is 1. The largest absolute Gasteiger partial charge is 0.392 e.